The number of thiazole rings is 1. The number of likely N-dealkylation sites (N-methyl/N-ethyl adjacent to an activating group) is 1. The van der Waals surface area contributed by atoms with Gasteiger partial charge >= 0.3 is 6.03 Å². The number of hydrogen-bond acceptors (Lipinski definition) is 4. The Morgan fingerprint density at radius 2 is 2.10 bits per heavy atom. The quantitative estimate of drug-likeness (QED) is 0.846. The van der Waals surface area contributed by atoms with Crippen LogP contribution in [0.2, 0.25) is 0 Å². The molecule has 0 saturated carbocycles. The molecule has 6 heteroatoms. The first-order valence-electron chi connectivity index (χ1n) is 6.84. The number of aryl methyl sites for hydroxylation is 1. The fourth-order valence-corrected chi connectivity index (χ4v) is 2.28. The molecule has 0 bridgehead atoms. The van der Waals surface area contributed by atoms with Gasteiger partial charge in [0.2, 0.25) is 0 Å². The van der Waals surface area contributed by atoms with Gasteiger partial charge in [-0.15, -0.1) is 11.3 Å². The van der Waals surface area contributed by atoms with Crippen molar-refractivity contribution in [3.8, 4) is 0 Å². The zero-order valence-electron chi connectivity index (χ0n) is 13.3. The number of carbonyl (C=O) groups is 1. The highest BCUT2D eigenvalue weighted by atomic mass is 32.1. The maximum absolute atomic E-state index is 11.8. The van der Waals surface area contributed by atoms with Crippen molar-refractivity contribution in [3.63, 3.8) is 0 Å². The molecule has 0 aliphatic rings. The molecule has 0 fully saturated rings. The highest BCUT2D eigenvalue weighted by Crippen LogP contribution is 2.20. The molecular formula is C14H26N4OS. The summed E-state index contributed by atoms with van der Waals surface area (Å²) in [6.45, 7) is 9.50. The smallest absolute Gasteiger partial charge is 0.314 e. The van der Waals surface area contributed by atoms with Crippen LogP contribution in [0, 0.1) is 6.92 Å². The first-order chi connectivity index (χ1) is 9.22. The van der Waals surface area contributed by atoms with Crippen LogP contribution in [0.4, 0.5) is 4.79 Å². The Morgan fingerprint density at radius 1 is 1.45 bits per heavy atom. The summed E-state index contributed by atoms with van der Waals surface area (Å²) in [5.41, 5.74) is -0.0601. The van der Waals surface area contributed by atoms with Crippen LogP contribution in [0.3, 0.4) is 0 Å². The molecule has 1 atom stereocenters. The highest BCUT2D eigenvalue weighted by Gasteiger charge is 2.21. The van der Waals surface area contributed by atoms with Gasteiger partial charge in [-0.2, -0.15) is 0 Å². The summed E-state index contributed by atoms with van der Waals surface area (Å²) in [7, 11) is 4.01. The van der Waals surface area contributed by atoms with Gasteiger partial charge in [0.25, 0.3) is 0 Å². The number of aromatic nitrogens is 1. The summed E-state index contributed by atoms with van der Waals surface area (Å²) in [6.07, 6.45) is 1.87. The maximum Gasteiger partial charge on any atom is 0.314 e. The summed E-state index contributed by atoms with van der Waals surface area (Å²) < 4.78 is 0. The number of nitrogens with one attached hydrogen (secondary N) is 2. The zero-order valence-corrected chi connectivity index (χ0v) is 14.1. The molecule has 0 aliphatic heterocycles. The maximum atomic E-state index is 11.8. The average molecular weight is 298 g/mol. The van der Waals surface area contributed by atoms with Crippen LogP contribution in [0.1, 0.15) is 36.6 Å². The second kappa shape index (κ2) is 7.04. The van der Waals surface area contributed by atoms with Crippen molar-refractivity contribution >= 4 is 17.4 Å². The van der Waals surface area contributed by atoms with Crippen molar-refractivity contribution in [2.24, 2.45) is 0 Å². The normalized spacial score (nSPS) is 13.3. The van der Waals surface area contributed by atoms with E-state index >= 15 is 0 Å². The second-order valence-corrected chi connectivity index (χ2v) is 7.25. The lowest BCUT2D eigenvalue weighted by atomic mass is 10.0. The molecule has 1 aromatic rings. The summed E-state index contributed by atoms with van der Waals surface area (Å²) in [5.74, 6) is 0.237. The first kappa shape index (κ1) is 16.9. The minimum atomic E-state index is -0.125. The lowest BCUT2D eigenvalue weighted by Gasteiger charge is -2.32. The molecule has 114 valence electrons. The predicted octanol–water partition coefficient (Wildman–Crippen LogP) is 2.19. The van der Waals surface area contributed by atoms with E-state index in [0.29, 0.717) is 13.1 Å². The van der Waals surface area contributed by atoms with Crippen LogP contribution in [0.5, 0.6) is 0 Å². The molecule has 2 amide bonds. The van der Waals surface area contributed by atoms with E-state index in [4.69, 9.17) is 0 Å². The topological polar surface area (TPSA) is 57.3 Å². The van der Waals surface area contributed by atoms with Crippen LogP contribution in [0.25, 0.3) is 0 Å². The number of rotatable bonds is 6. The van der Waals surface area contributed by atoms with Crippen LogP contribution < -0.4 is 10.6 Å². The van der Waals surface area contributed by atoms with Gasteiger partial charge in [0, 0.05) is 35.6 Å². The van der Waals surface area contributed by atoms with Crippen LogP contribution in [0.15, 0.2) is 6.20 Å². The van der Waals surface area contributed by atoms with E-state index in [1.54, 1.807) is 11.3 Å². The van der Waals surface area contributed by atoms with Gasteiger partial charge < -0.3 is 15.5 Å². The Morgan fingerprint density at radius 3 is 2.60 bits per heavy atom. The van der Waals surface area contributed by atoms with Crippen molar-refractivity contribution in [1.29, 1.82) is 0 Å². The molecule has 1 heterocycles. The highest BCUT2D eigenvalue weighted by molar-refractivity contribution is 7.11. The SMILES string of the molecule is Cc1cnc(C(C)CNC(=O)NCC(C)(C)N(C)C)s1. The molecular weight excluding hydrogens is 272 g/mol. The Kier molecular flexibility index (Phi) is 5.95. The lowest BCUT2D eigenvalue weighted by molar-refractivity contribution is 0.186. The molecule has 1 rings (SSSR count). The van der Waals surface area contributed by atoms with Crippen LogP contribution in [-0.4, -0.2) is 48.6 Å². The number of hydrogen-bond donors (Lipinski definition) is 2. The summed E-state index contributed by atoms with van der Waals surface area (Å²) in [5, 5.41) is 6.87. The zero-order chi connectivity index (χ0) is 15.3. The molecule has 1 unspecified atom stereocenters. The minimum absolute atomic E-state index is 0.0601. The standard InChI is InChI=1S/C14H26N4OS/c1-10(12-15-8-11(2)20-12)7-16-13(19)17-9-14(3,4)18(5)6/h8,10H,7,9H2,1-6H3,(H2,16,17,19). The number of carbonyl (C=O) groups excluding carboxylic acids is 1. The van der Waals surface area contributed by atoms with Gasteiger partial charge in [0.05, 0.1) is 5.01 Å². The van der Waals surface area contributed by atoms with Gasteiger partial charge in [-0.1, -0.05) is 6.92 Å². The second-order valence-electron chi connectivity index (χ2n) is 5.98. The molecule has 0 aromatic carbocycles. The molecule has 5 nitrogen and oxygen atoms in total. The third-order valence-corrected chi connectivity index (χ3v) is 4.67. The molecule has 0 spiro atoms. The summed E-state index contributed by atoms with van der Waals surface area (Å²) >= 11 is 1.68. The Hall–Kier alpha value is -1.14. The average Bonchev–Trinajstić information content (AvgIpc) is 2.80. The van der Waals surface area contributed by atoms with Crippen LogP contribution in [-0.2, 0) is 0 Å². The van der Waals surface area contributed by atoms with Gasteiger partial charge in [0.1, 0.15) is 0 Å². The monoisotopic (exact) mass is 298 g/mol. The van der Waals surface area contributed by atoms with E-state index in [2.05, 4.69) is 41.3 Å². The van der Waals surface area contributed by atoms with E-state index < -0.39 is 0 Å². The number of nitrogens with zero attached hydrogens (tertiary/aromatic N) is 2. The minimum Gasteiger partial charge on any atom is -0.337 e. The van der Waals surface area contributed by atoms with Crippen LogP contribution >= 0.6 is 11.3 Å². The molecule has 0 radical (unpaired) electrons. The largest absolute Gasteiger partial charge is 0.337 e. The Labute approximate surface area is 125 Å². The van der Waals surface area contributed by atoms with E-state index in [1.165, 1.54) is 4.88 Å². The summed E-state index contributed by atoms with van der Waals surface area (Å²) in [4.78, 5) is 19.4. The molecule has 20 heavy (non-hydrogen) atoms. The predicted molar refractivity (Wildman–Crippen MR) is 84.4 cm³/mol. The van der Waals surface area contributed by atoms with Crippen molar-refractivity contribution in [2.75, 3.05) is 27.2 Å². The van der Waals surface area contributed by atoms with E-state index in [-0.39, 0.29) is 17.5 Å². The summed E-state index contributed by atoms with van der Waals surface area (Å²) in [6, 6.07) is -0.125. The fraction of sp³-hybridized carbons (Fsp3) is 0.714. The van der Waals surface area contributed by atoms with Gasteiger partial charge in [-0.3, -0.25) is 0 Å². The van der Waals surface area contributed by atoms with Crippen molar-refractivity contribution in [3.05, 3.63) is 16.1 Å². The van der Waals surface area contributed by atoms with Gasteiger partial charge in [-0.05, 0) is 34.9 Å². The van der Waals surface area contributed by atoms with Gasteiger partial charge in [0.15, 0.2) is 0 Å². The van der Waals surface area contributed by atoms with Crippen molar-refractivity contribution in [2.45, 2.75) is 39.2 Å². The third-order valence-electron chi connectivity index (χ3n) is 3.52. The Bertz CT molecular complexity index is 442. The first-order valence-corrected chi connectivity index (χ1v) is 7.65. The van der Waals surface area contributed by atoms with E-state index in [1.807, 2.05) is 27.2 Å². The lowest BCUT2D eigenvalue weighted by Crippen LogP contribution is -2.50. The number of amides is 2. The third kappa shape index (κ3) is 5.09. The molecule has 2 N–H and O–H groups in total. The van der Waals surface area contributed by atoms with E-state index in [9.17, 15) is 4.79 Å². The molecule has 0 saturated heterocycles. The Balaban J connectivity index is 2.33. The number of urea groups is 1. The van der Waals surface area contributed by atoms with Gasteiger partial charge in [-0.25, -0.2) is 9.78 Å². The van der Waals surface area contributed by atoms with E-state index in [0.717, 1.165) is 5.01 Å². The van der Waals surface area contributed by atoms with Crippen molar-refractivity contribution in [1.82, 2.24) is 20.5 Å². The van der Waals surface area contributed by atoms with Crippen molar-refractivity contribution < 1.29 is 4.79 Å². The molecule has 0 aliphatic carbocycles. The fourth-order valence-electron chi connectivity index (χ4n) is 1.45. The molecule has 1 aromatic heterocycles.